The van der Waals surface area contributed by atoms with Crippen LogP contribution in [0, 0.1) is 19.7 Å². The molecular weight excluding hydrogens is 323 g/mol. The number of allylic oxidation sites excluding steroid dienone is 1. The van der Waals surface area contributed by atoms with Gasteiger partial charge in [0, 0.05) is 17.9 Å². The van der Waals surface area contributed by atoms with Crippen molar-refractivity contribution in [3.05, 3.63) is 65.3 Å². The topological polar surface area (TPSA) is 60.3 Å². The summed E-state index contributed by atoms with van der Waals surface area (Å²) >= 11 is 0. The maximum Gasteiger partial charge on any atom is 0.355 e. The molecule has 25 heavy (non-hydrogen) atoms. The molecule has 0 radical (unpaired) electrons. The van der Waals surface area contributed by atoms with Gasteiger partial charge in [0.1, 0.15) is 11.5 Å². The lowest BCUT2D eigenvalue weighted by Gasteiger charge is -2.09. The van der Waals surface area contributed by atoms with Gasteiger partial charge in [0.2, 0.25) is 0 Å². The van der Waals surface area contributed by atoms with Crippen LogP contribution in [-0.2, 0) is 11.3 Å². The predicted molar refractivity (Wildman–Crippen MR) is 94.4 cm³/mol. The second kappa shape index (κ2) is 7.79. The van der Waals surface area contributed by atoms with Crippen molar-refractivity contribution < 1.29 is 18.7 Å². The average molecular weight is 344 g/mol. The summed E-state index contributed by atoms with van der Waals surface area (Å²) in [6.07, 6.45) is 1.64. The molecular formula is C19H21FN2O3. The zero-order valence-corrected chi connectivity index (χ0v) is 14.6. The number of halogens is 1. The summed E-state index contributed by atoms with van der Waals surface area (Å²) in [5, 5.41) is 2.66. The molecule has 6 heteroatoms. The highest BCUT2D eigenvalue weighted by Crippen LogP contribution is 2.24. The summed E-state index contributed by atoms with van der Waals surface area (Å²) in [7, 11) is 0. The van der Waals surface area contributed by atoms with Crippen molar-refractivity contribution in [2.45, 2.75) is 27.3 Å². The van der Waals surface area contributed by atoms with Crippen LogP contribution in [0.3, 0.4) is 0 Å². The van der Waals surface area contributed by atoms with E-state index < -0.39 is 17.7 Å². The van der Waals surface area contributed by atoms with E-state index in [0.717, 1.165) is 0 Å². The van der Waals surface area contributed by atoms with E-state index in [1.54, 1.807) is 37.5 Å². The number of nitrogens with one attached hydrogen (secondary N) is 1. The van der Waals surface area contributed by atoms with Crippen molar-refractivity contribution in [1.82, 2.24) is 4.57 Å². The smallest absolute Gasteiger partial charge is 0.355 e. The maximum absolute atomic E-state index is 13.3. The molecule has 132 valence electrons. The molecule has 1 aromatic carbocycles. The van der Waals surface area contributed by atoms with Gasteiger partial charge in [-0.05, 0) is 44.5 Å². The van der Waals surface area contributed by atoms with Gasteiger partial charge < -0.3 is 14.6 Å². The molecule has 0 aliphatic heterocycles. The minimum atomic E-state index is -0.491. The SMILES string of the molecule is C=CCn1c(C)c(C(=O)Nc2cccc(F)c2)c(C)c1C(=O)OCC. The normalized spacial score (nSPS) is 10.4. The molecule has 0 bridgehead atoms. The molecule has 0 aliphatic rings. The lowest BCUT2D eigenvalue weighted by molar-refractivity contribution is 0.0513. The third-order valence-corrected chi connectivity index (χ3v) is 3.86. The molecule has 0 atom stereocenters. The summed E-state index contributed by atoms with van der Waals surface area (Å²) in [4.78, 5) is 25.0. The summed E-state index contributed by atoms with van der Waals surface area (Å²) < 4.78 is 20.1. The number of nitrogens with zero attached hydrogens (tertiary/aromatic N) is 1. The fourth-order valence-electron chi connectivity index (χ4n) is 2.81. The Labute approximate surface area is 146 Å². The fraction of sp³-hybridized carbons (Fsp3) is 0.263. The number of hydrogen-bond acceptors (Lipinski definition) is 3. The van der Waals surface area contributed by atoms with Crippen LogP contribution in [0.5, 0.6) is 0 Å². The summed E-state index contributed by atoms with van der Waals surface area (Å²) in [6, 6.07) is 5.64. The van der Waals surface area contributed by atoms with Crippen molar-refractivity contribution in [2.75, 3.05) is 11.9 Å². The number of esters is 1. The molecule has 2 aromatic rings. The standard InChI is InChI=1S/C19H21FN2O3/c1-5-10-22-13(4)16(12(3)17(22)19(24)25-6-2)18(23)21-15-9-7-8-14(20)11-15/h5,7-9,11H,1,6,10H2,2-4H3,(H,21,23). The molecule has 1 heterocycles. The first-order valence-electron chi connectivity index (χ1n) is 7.95. The average Bonchev–Trinajstić information content (AvgIpc) is 2.78. The molecule has 0 saturated carbocycles. The lowest BCUT2D eigenvalue weighted by atomic mass is 10.1. The van der Waals surface area contributed by atoms with Crippen LogP contribution in [0.2, 0.25) is 0 Å². The highest BCUT2D eigenvalue weighted by Gasteiger charge is 2.26. The first-order valence-corrected chi connectivity index (χ1v) is 7.95. The van der Waals surface area contributed by atoms with Crippen molar-refractivity contribution in [1.29, 1.82) is 0 Å². The summed E-state index contributed by atoms with van der Waals surface area (Å²) in [6.45, 7) is 9.46. The zero-order chi connectivity index (χ0) is 18.6. The molecule has 1 N–H and O–H groups in total. The molecule has 5 nitrogen and oxygen atoms in total. The number of hydrogen-bond donors (Lipinski definition) is 1. The molecule has 0 fully saturated rings. The van der Waals surface area contributed by atoms with Crippen LogP contribution in [0.25, 0.3) is 0 Å². The van der Waals surface area contributed by atoms with Gasteiger partial charge in [-0.2, -0.15) is 0 Å². The van der Waals surface area contributed by atoms with Gasteiger partial charge in [-0.3, -0.25) is 4.79 Å². The zero-order valence-electron chi connectivity index (χ0n) is 14.6. The lowest BCUT2D eigenvalue weighted by Crippen LogP contribution is -2.14. The number of carbonyl (C=O) groups is 2. The number of amides is 1. The quantitative estimate of drug-likeness (QED) is 0.639. The van der Waals surface area contributed by atoms with Gasteiger partial charge in [-0.1, -0.05) is 12.1 Å². The largest absolute Gasteiger partial charge is 0.461 e. The van der Waals surface area contributed by atoms with Gasteiger partial charge in [0.15, 0.2) is 0 Å². The van der Waals surface area contributed by atoms with Crippen molar-refractivity contribution in [2.24, 2.45) is 0 Å². The number of anilines is 1. The van der Waals surface area contributed by atoms with E-state index in [1.165, 1.54) is 18.2 Å². The number of carbonyl (C=O) groups excluding carboxylic acids is 2. The Morgan fingerprint density at radius 3 is 2.68 bits per heavy atom. The van der Waals surface area contributed by atoms with E-state index in [0.29, 0.717) is 34.7 Å². The maximum atomic E-state index is 13.3. The first kappa shape index (κ1) is 18.4. The van der Waals surface area contributed by atoms with E-state index in [-0.39, 0.29) is 6.61 Å². The van der Waals surface area contributed by atoms with E-state index >= 15 is 0 Å². The molecule has 1 aromatic heterocycles. The second-order valence-electron chi connectivity index (χ2n) is 5.52. The summed E-state index contributed by atoms with van der Waals surface area (Å²) in [5.74, 6) is -1.34. The molecule has 0 spiro atoms. The third kappa shape index (κ3) is 3.79. The molecule has 0 saturated heterocycles. The number of rotatable bonds is 6. The van der Waals surface area contributed by atoms with E-state index in [4.69, 9.17) is 4.74 Å². The van der Waals surface area contributed by atoms with Crippen LogP contribution < -0.4 is 5.32 Å². The van der Waals surface area contributed by atoms with Crippen LogP contribution in [-0.4, -0.2) is 23.1 Å². The number of ether oxygens (including phenoxy) is 1. The Hall–Kier alpha value is -2.89. The van der Waals surface area contributed by atoms with Crippen LogP contribution in [0.4, 0.5) is 10.1 Å². The highest BCUT2D eigenvalue weighted by molar-refractivity contribution is 6.08. The predicted octanol–water partition coefficient (Wildman–Crippen LogP) is 3.86. The Bertz CT molecular complexity index is 824. The molecule has 0 unspecified atom stereocenters. The van der Waals surface area contributed by atoms with E-state index in [2.05, 4.69) is 11.9 Å². The van der Waals surface area contributed by atoms with E-state index in [1.807, 2.05) is 0 Å². The first-order chi connectivity index (χ1) is 11.9. The Balaban J connectivity index is 2.46. The second-order valence-corrected chi connectivity index (χ2v) is 5.52. The molecule has 2 rings (SSSR count). The monoisotopic (exact) mass is 344 g/mol. The van der Waals surface area contributed by atoms with Gasteiger partial charge in [0.05, 0.1) is 12.2 Å². The Morgan fingerprint density at radius 2 is 2.08 bits per heavy atom. The van der Waals surface area contributed by atoms with Crippen molar-refractivity contribution in [3.8, 4) is 0 Å². The van der Waals surface area contributed by atoms with Gasteiger partial charge >= 0.3 is 5.97 Å². The number of aromatic nitrogens is 1. The minimum absolute atomic E-state index is 0.238. The van der Waals surface area contributed by atoms with Crippen LogP contribution in [0.1, 0.15) is 39.0 Å². The fourth-order valence-corrected chi connectivity index (χ4v) is 2.81. The minimum Gasteiger partial charge on any atom is -0.461 e. The Kier molecular flexibility index (Phi) is 5.75. The number of benzene rings is 1. The van der Waals surface area contributed by atoms with Crippen molar-refractivity contribution >= 4 is 17.6 Å². The van der Waals surface area contributed by atoms with E-state index in [9.17, 15) is 14.0 Å². The Morgan fingerprint density at radius 1 is 1.36 bits per heavy atom. The van der Waals surface area contributed by atoms with Crippen molar-refractivity contribution in [3.63, 3.8) is 0 Å². The van der Waals surface area contributed by atoms with Gasteiger partial charge in [-0.15, -0.1) is 6.58 Å². The molecule has 0 aliphatic carbocycles. The highest BCUT2D eigenvalue weighted by atomic mass is 19.1. The third-order valence-electron chi connectivity index (χ3n) is 3.86. The summed E-state index contributed by atoms with van der Waals surface area (Å²) in [5.41, 5.74) is 2.18. The van der Waals surface area contributed by atoms with Crippen LogP contribution in [0.15, 0.2) is 36.9 Å². The van der Waals surface area contributed by atoms with Gasteiger partial charge in [-0.25, -0.2) is 9.18 Å². The van der Waals surface area contributed by atoms with Gasteiger partial charge in [0.25, 0.3) is 5.91 Å². The molecule has 1 amide bonds. The van der Waals surface area contributed by atoms with Crippen LogP contribution >= 0.6 is 0 Å².